The van der Waals surface area contributed by atoms with Crippen LogP contribution in [0, 0.1) is 6.92 Å². The molecule has 2 heteroatoms. The number of nitrogens with zero attached hydrogens (tertiary/aromatic N) is 1. The summed E-state index contributed by atoms with van der Waals surface area (Å²) in [5, 5.41) is 0. The molecule has 1 aromatic heterocycles. The number of unbranched alkanes of at least 4 members (excludes halogenated alkanes) is 2. The zero-order valence-electron chi connectivity index (χ0n) is 12.1. The molecule has 20 heavy (non-hydrogen) atoms. The Kier molecular flexibility index (Phi) is 5.60. The van der Waals surface area contributed by atoms with E-state index in [1.54, 1.807) is 0 Å². The Morgan fingerprint density at radius 2 is 1.85 bits per heavy atom. The van der Waals surface area contributed by atoms with Gasteiger partial charge in [-0.2, -0.15) is 0 Å². The van der Waals surface area contributed by atoms with Crippen LogP contribution in [0.15, 0.2) is 48.7 Å². The molecule has 0 amide bonds. The van der Waals surface area contributed by atoms with Crippen LogP contribution < -0.4 is 4.74 Å². The molecule has 1 aromatic carbocycles. The van der Waals surface area contributed by atoms with Gasteiger partial charge in [0.2, 0.25) is 5.88 Å². The Balaban J connectivity index is 1.94. The van der Waals surface area contributed by atoms with Crippen LogP contribution in [0.4, 0.5) is 0 Å². The highest BCUT2D eigenvalue weighted by Gasteiger charge is 2.08. The van der Waals surface area contributed by atoms with E-state index in [1.165, 1.54) is 18.4 Å². The average molecular weight is 268 g/mol. The maximum absolute atomic E-state index is 5.62. The third-order valence-electron chi connectivity index (χ3n) is 3.36. The van der Waals surface area contributed by atoms with E-state index in [0.29, 0.717) is 5.88 Å². The van der Waals surface area contributed by atoms with Gasteiger partial charge < -0.3 is 4.74 Å². The van der Waals surface area contributed by atoms with E-state index in [-0.39, 0.29) is 5.92 Å². The molecule has 1 heterocycles. The molecule has 0 fully saturated rings. The second-order valence-electron chi connectivity index (χ2n) is 4.95. The van der Waals surface area contributed by atoms with Gasteiger partial charge in [0.15, 0.2) is 0 Å². The van der Waals surface area contributed by atoms with Crippen molar-refractivity contribution in [2.45, 2.75) is 32.1 Å². The van der Waals surface area contributed by atoms with E-state index < -0.39 is 0 Å². The molecule has 2 aromatic rings. The lowest BCUT2D eigenvalue weighted by molar-refractivity contribution is 0.295. The molecule has 0 bridgehead atoms. The van der Waals surface area contributed by atoms with Crippen LogP contribution in [0.5, 0.6) is 5.88 Å². The molecule has 0 aliphatic heterocycles. The smallest absolute Gasteiger partial charge is 0.213 e. The molecule has 0 N–H and O–H groups in total. The maximum atomic E-state index is 5.62. The number of rotatable bonds is 7. The first-order valence-electron chi connectivity index (χ1n) is 7.28. The Morgan fingerprint density at radius 1 is 1.05 bits per heavy atom. The fraction of sp³-hybridized carbons (Fsp3) is 0.333. The highest BCUT2D eigenvalue weighted by molar-refractivity contribution is 5.33. The van der Waals surface area contributed by atoms with Gasteiger partial charge in [0.25, 0.3) is 0 Å². The molecule has 0 spiro atoms. The normalized spacial score (nSPS) is 12.1. The van der Waals surface area contributed by atoms with Crippen LogP contribution in [0.2, 0.25) is 0 Å². The monoisotopic (exact) mass is 268 g/mol. The molecule has 1 radical (unpaired) electrons. The van der Waals surface area contributed by atoms with Crippen molar-refractivity contribution in [3.8, 4) is 5.88 Å². The molecular formula is C18H22NO. The fourth-order valence-corrected chi connectivity index (χ4v) is 2.09. The summed E-state index contributed by atoms with van der Waals surface area (Å²) in [6.45, 7) is 7.14. The summed E-state index contributed by atoms with van der Waals surface area (Å²) < 4.78 is 5.62. The summed E-state index contributed by atoms with van der Waals surface area (Å²) >= 11 is 0. The molecule has 0 saturated heterocycles. The minimum Gasteiger partial charge on any atom is -0.478 e. The third-order valence-corrected chi connectivity index (χ3v) is 3.36. The van der Waals surface area contributed by atoms with E-state index in [2.05, 4.69) is 31.0 Å². The van der Waals surface area contributed by atoms with E-state index in [9.17, 15) is 0 Å². The number of benzene rings is 1. The largest absolute Gasteiger partial charge is 0.478 e. The molecule has 2 rings (SSSR count). The van der Waals surface area contributed by atoms with Crippen LogP contribution in [0.1, 0.15) is 43.2 Å². The van der Waals surface area contributed by atoms with E-state index in [4.69, 9.17) is 4.74 Å². The van der Waals surface area contributed by atoms with Gasteiger partial charge >= 0.3 is 0 Å². The lowest BCUT2D eigenvalue weighted by Gasteiger charge is -2.12. The summed E-state index contributed by atoms with van der Waals surface area (Å²) in [4.78, 5) is 4.36. The van der Waals surface area contributed by atoms with Gasteiger partial charge in [0, 0.05) is 18.2 Å². The van der Waals surface area contributed by atoms with Crippen molar-refractivity contribution in [2.24, 2.45) is 0 Å². The van der Waals surface area contributed by atoms with Crippen molar-refractivity contribution < 1.29 is 4.74 Å². The maximum Gasteiger partial charge on any atom is 0.213 e. The van der Waals surface area contributed by atoms with E-state index >= 15 is 0 Å². The third kappa shape index (κ3) is 4.09. The number of pyridine rings is 1. The molecule has 1 atom stereocenters. The fourth-order valence-electron chi connectivity index (χ4n) is 2.09. The molecule has 0 saturated carbocycles. The zero-order valence-corrected chi connectivity index (χ0v) is 12.1. The zero-order chi connectivity index (χ0) is 14.2. The highest BCUT2D eigenvalue weighted by Crippen LogP contribution is 2.23. The van der Waals surface area contributed by atoms with E-state index in [0.717, 1.165) is 18.6 Å². The van der Waals surface area contributed by atoms with Crippen LogP contribution in [0.3, 0.4) is 0 Å². The van der Waals surface area contributed by atoms with Gasteiger partial charge in [0.05, 0.1) is 6.61 Å². The van der Waals surface area contributed by atoms with E-state index in [1.807, 2.05) is 36.5 Å². The van der Waals surface area contributed by atoms with Crippen LogP contribution in [-0.2, 0) is 0 Å². The van der Waals surface area contributed by atoms with Crippen molar-refractivity contribution in [3.05, 3.63) is 66.7 Å². The minimum atomic E-state index is 0.109. The van der Waals surface area contributed by atoms with Crippen LogP contribution >= 0.6 is 0 Å². The molecule has 0 aliphatic carbocycles. The van der Waals surface area contributed by atoms with Crippen molar-refractivity contribution in [3.63, 3.8) is 0 Å². The molecule has 1 unspecified atom stereocenters. The highest BCUT2D eigenvalue weighted by atomic mass is 16.5. The molecule has 2 nitrogen and oxygen atoms in total. The topological polar surface area (TPSA) is 22.1 Å². The Hall–Kier alpha value is -1.83. The van der Waals surface area contributed by atoms with Crippen molar-refractivity contribution >= 4 is 0 Å². The summed E-state index contributed by atoms with van der Waals surface area (Å²) in [7, 11) is 0. The van der Waals surface area contributed by atoms with Gasteiger partial charge in [-0.25, -0.2) is 4.98 Å². The number of ether oxygens (including phenoxy) is 1. The standard InChI is InChI=1S/C18H22NO/c1-3-4-8-13-20-18-12-11-17(14-19-18)15(2)16-9-6-5-7-10-16/h5-7,9-12,14-15H,2-4,8,13H2,1H3. The predicted molar refractivity (Wildman–Crippen MR) is 82.9 cm³/mol. The van der Waals surface area contributed by atoms with Crippen molar-refractivity contribution in [1.82, 2.24) is 4.98 Å². The lowest BCUT2D eigenvalue weighted by Crippen LogP contribution is -2.01. The second-order valence-corrected chi connectivity index (χ2v) is 4.95. The van der Waals surface area contributed by atoms with Gasteiger partial charge in [0.1, 0.15) is 0 Å². The van der Waals surface area contributed by atoms with Crippen molar-refractivity contribution in [1.29, 1.82) is 0 Å². The Labute approximate surface area is 121 Å². The minimum absolute atomic E-state index is 0.109. The quantitative estimate of drug-likeness (QED) is 0.684. The van der Waals surface area contributed by atoms with Crippen LogP contribution in [0.25, 0.3) is 0 Å². The predicted octanol–water partition coefficient (Wildman–Crippen LogP) is 4.62. The van der Waals surface area contributed by atoms with Gasteiger partial charge in [-0.1, -0.05) is 56.2 Å². The first-order chi connectivity index (χ1) is 9.81. The molecule has 0 aliphatic rings. The SMILES string of the molecule is [CH2]C(c1ccccc1)c1ccc(OCCCCC)nc1. The van der Waals surface area contributed by atoms with Gasteiger partial charge in [-0.05, 0) is 24.5 Å². The van der Waals surface area contributed by atoms with Gasteiger partial charge in [-0.15, -0.1) is 0 Å². The van der Waals surface area contributed by atoms with Crippen molar-refractivity contribution in [2.75, 3.05) is 6.61 Å². The Morgan fingerprint density at radius 3 is 2.50 bits per heavy atom. The summed E-state index contributed by atoms with van der Waals surface area (Å²) in [6.07, 6.45) is 5.35. The molecular weight excluding hydrogens is 246 g/mol. The van der Waals surface area contributed by atoms with Crippen LogP contribution in [-0.4, -0.2) is 11.6 Å². The first-order valence-corrected chi connectivity index (χ1v) is 7.28. The summed E-state index contributed by atoms with van der Waals surface area (Å²) in [5.41, 5.74) is 2.31. The number of hydrogen-bond acceptors (Lipinski definition) is 2. The molecule has 105 valence electrons. The summed E-state index contributed by atoms with van der Waals surface area (Å²) in [6, 6.07) is 14.2. The lowest BCUT2D eigenvalue weighted by atomic mass is 9.95. The second kappa shape index (κ2) is 7.68. The van der Waals surface area contributed by atoms with Gasteiger partial charge in [-0.3, -0.25) is 0 Å². The first kappa shape index (κ1) is 14.6. The number of aromatic nitrogens is 1. The number of hydrogen-bond donors (Lipinski definition) is 0. The summed E-state index contributed by atoms with van der Waals surface area (Å²) in [5.74, 6) is 0.808. The Bertz CT molecular complexity index is 493. The average Bonchev–Trinajstić information content (AvgIpc) is 2.52.